The number of benzene rings is 1. The minimum atomic E-state index is -0.146. The van der Waals surface area contributed by atoms with Crippen LogP contribution in [0.15, 0.2) is 24.3 Å². The molecule has 21 heavy (non-hydrogen) atoms. The molecule has 1 saturated carbocycles. The molecule has 4 nitrogen and oxygen atoms in total. The second-order valence-electron chi connectivity index (χ2n) is 5.58. The van der Waals surface area contributed by atoms with E-state index in [2.05, 4.69) is 5.32 Å². The quantitative estimate of drug-likeness (QED) is 0.876. The molecule has 0 spiro atoms. The highest BCUT2D eigenvalue weighted by Gasteiger charge is 2.22. The van der Waals surface area contributed by atoms with Crippen molar-refractivity contribution in [2.24, 2.45) is 5.92 Å². The Kier molecular flexibility index (Phi) is 6.05. The average molecular weight is 291 g/mol. The number of carbonyl (C=O) groups excluding carboxylic acids is 1. The van der Waals surface area contributed by atoms with Crippen LogP contribution in [-0.2, 0) is 9.53 Å². The zero-order valence-electron chi connectivity index (χ0n) is 12.9. The number of nitrogens with one attached hydrogen (secondary N) is 1. The topological polar surface area (TPSA) is 47.6 Å². The van der Waals surface area contributed by atoms with Crippen molar-refractivity contribution in [2.45, 2.75) is 38.2 Å². The molecule has 116 valence electrons. The summed E-state index contributed by atoms with van der Waals surface area (Å²) in [5.74, 6) is 1.15. The van der Waals surface area contributed by atoms with E-state index in [-0.39, 0.29) is 17.9 Å². The van der Waals surface area contributed by atoms with Crippen LogP contribution < -0.4 is 10.1 Å². The fourth-order valence-corrected chi connectivity index (χ4v) is 2.88. The summed E-state index contributed by atoms with van der Waals surface area (Å²) in [6.07, 6.45) is 5.48. The highest BCUT2D eigenvalue weighted by molar-refractivity contribution is 5.78. The van der Waals surface area contributed by atoms with Crippen LogP contribution >= 0.6 is 0 Å². The first-order chi connectivity index (χ1) is 10.2. The largest absolute Gasteiger partial charge is 0.497 e. The number of hydrogen-bond donors (Lipinski definition) is 1. The van der Waals surface area contributed by atoms with Crippen molar-refractivity contribution in [1.82, 2.24) is 5.32 Å². The Labute approximate surface area is 126 Å². The smallest absolute Gasteiger partial charge is 0.223 e. The predicted molar refractivity (Wildman–Crippen MR) is 82.3 cm³/mol. The van der Waals surface area contributed by atoms with E-state index < -0.39 is 0 Å². The molecule has 1 amide bonds. The summed E-state index contributed by atoms with van der Waals surface area (Å²) >= 11 is 0. The van der Waals surface area contributed by atoms with Gasteiger partial charge in [-0.15, -0.1) is 0 Å². The van der Waals surface area contributed by atoms with Gasteiger partial charge < -0.3 is 14.8 Å². The van der Waals surface area contributed by atoms with E-state index in [4.69, 9.17) is 9.47 Å². The molecule has 2 rings (SSSR count). The molecule has 1 aromatic rings. The fourth-order valence-electron chi connectivity index (χ4n) is 2.88. The Hall–Kier alpha value is -1.55. The van der Waals surface area contributed by atoms with Gasteiger partial charge >= 0.3 is 0 Å². The van der Waals surface area contributed by atoms with Gasteiger partial charge in [-0.05, 0) is 30.5 Å². The maximum Gasteiger partial charge on any atom is 0.223 e. The molecule has 0 radical (unpaired) electrons. The molecule has 1 unspecified atom stereocenters. The first-order valence-electron chi connectivity index (χ1n) is 7.69. The average Bonchev–Trinajstić information content (AvgIpc) is 2.56. The highest BCUT2D eigenvalue weighted by Crippen LogP contribution is 2.24. The summed E-state index contributed by atoms with van der Waals surface area (Å²) in [6, 6.07) is 7.77. The summed E-state index contributed by atoms with van der Waals surface area (Å²) in [4.78, 5) is 12.2. The van der Waals surface area contributed by atoms with Gasteiger partial charge in [0.1, 0.15) is 5.75 Å². The third-order valence-corrected chi connectivity index (χ3v) is 4.19. The monoisotopic (exact) mass is 291 g/mol. The second kappa shape index (κ2) is 8.03. The van der Waals surface area contributed by atoms with Crippen LogP contribution in [0.3, 0.4) is 0 Å². The third kappa shape index (κ3) is 4.46. The molecule has 1 N–H and O–H groups in total. The summed E-state index contributed by atoms with van der Waals surface area (Å²) < 4.78 is 10.7. The molecule has 0 aliphatic heterocycles. The lowest BCUT2D eigenvalue weighted by Crippen LogP contribution is -2.35. The van der Waals surface area contributed by atoms with Crippen molar-refractivity contribution in [2.75, 3.05) is 20.8 Å². The van der Waals surface area contributed by atoms with E-state index in [1.54, 1.807) is 14.2 Å². The van der Waals surface area contributed by atoms with Crippen LogP contribution in [0.1, 0.15) is 43.8 Å². The number of hydrogen-bond acceptors (Lipinski definition) is 3. The molecule has 0 bridgehead atoms. The van der Waals surface area contributed by atoms with Gasteiger partial charge in [0.25, 0.3) is 0 Å². The third-order valence-electron chi connectivity index (χ3n) is 4.19. The summed E-state index contributed by atoms with van der Waals surface area (Å²) in [5.41, 5.74) is 1.01. The summed E-state index contributed by atoms with van der Waals surface area (Å²) in [5, 5.41) is 3.03. The molecule has 1 aliphatic carbocycles. The van der Waals surface area contributed by atoms with Gasteiger partial charge in [0.15, 0.2) is 0 Å². The number of rotatable bonds is 6. The van der Waals surface area contributed by atoms with Gasteiger partial charge in [0.2, 0.25) is 5.91 Å². The van der Waals surface area contributed by atoms with E-state index >= 15 is 0 Å². The first-order valence-corrected chi connectivity index (χ1v) is 7.69. The Morgan fingerprint density at radius 3 is 2.71 bits per heavy atom. The second-order valence-corrected chi connectivity index (χ2v) is 5.58. The maximum atomic E-state index is 12.2. The van der Waals surface area contributed by atoms with Crippen molar-refractivity contribution < 1.29 is 14.3 Å². The van der Waals surface area contributed by atoms with Crippen LogP contribution in [0.2, 0.25) is 0 Å². The van der Waals surface area contributed by atoms with E-state index in [9.17, 15) is 4.79 Å². The number of carbonyl (C=O) groups is 1. The van der Waals surface area contributed by atoms with Gasteiger partial charge in [-0.1, -0.05) is 31.4 Å². The van der Waals surface area contributed by atoms with E-state index in [0.717, 1.165) is 24.2 Å². The summed E-state index contributed by atoms with van der Waals surface area (Å²) in [6.45, 7) is 0.499. The van der Waals surface area contributed by atoms with Crippen molar-refractivity contribution >= 4 is 5.91 Å². The molecule has 1 atom stereocenters. The molecule has 0 heterocycles. The van der Waals surface area contributed by atoms with E-state index in [1.165, 1.54) is 19.3 Å². The van der Waals surface area contributed by atoms with Gasteiger partial charge in [0, 0.05) is 19.6 Å². The van der Waals surface area contributed by atoms with E-state index in [1.807, 2.05) is 24.3 Å². The highest BCUT2D eigenvalue weighted by atomic mass is 16.5. The lowest BCUT2D eigenvalue weighted by molar-refractivity contribution is -0.126. The van der Waals surface area contributed by atoms with Gasteiger partial charge in [0.05, 0.1) is 13.2 Å². The number of ether oxygens (including phenoxy) is 2. The Balaban J connectivity index is 1.90. The normalized spacial score (nSPS) is 17.2. The number of methoxy groups -OCH3 is 2. The zero-order chi connectivity index (χ0) is 15.1. The van der Waals surface area contributed by atoms with Gasteiger partial charge in [-0.25, -0.2) is 0 Å². The maximum absolute atomic E-state index is 12.2. The Morgan fingerprint density at radius 1 is 1.29 bits per heavy atom. The number of amides is 1. The molecule has 1 aromatic carbocycles. The molecule has 0 saturated heterocycles. The molecule has 1 aliphatic rings. The fraction of sp³-hybridized carbons (Fsp3) is 0.588. The summed E-state index contributed by atoms with van der Waals surface area (Å²) in [7, 11) is 3.31. The van der Waals surface area contributed by atoms with Crippen LogP contribution in [0.4, 0.5) is 0 Å². The molecule has 0 aromatic heterocycles. The van der Waals surface area contributed by atoms with Crippen LogP contribution in [0.5, 0.6) is 5.75 Å². The minimum Gasteiger partial charge on any atom is -0.497 e. The molecule has 1 fully saturated rings. The molecular weight excluding hydrogens is 266 g/mol. The van der Waals surface area contributed by atoms with E-state index in [0.29, 0.717) is 6.54 Å². The van der Waals surface area contributed by atoms with Gasteiger partial charge in [-0.2, -0.15) is 0 Å². The van der Waals surface area contributed by atoms with Gasteiger partial charge in [-0.3, -0.25) is 4.79 Å². The standard InChI is InChI=1S/C17H25NO3/c1-20-15-10-6-9-14(11-15)16(21-2)12-18-17(19)13-7-4-3-5-8-13/h6,9-11,13,16H,3-5,7-8,12H2,1-2H3,(H,18,19). The SMILES string of the molecule is COc1cccc(C(CNC(=O)C2CCCCC2)OC)c1. The lowest BCUT2D eigenvalue weighted by atomic mass is 9.88. The van der Waals surface area contributed by atoms with Crippen molar-refractivity contribution in [1.29, 1.82) is 0 Å². The van der Waals surface area contributed by atoms with Crippen molar-refractivity contribution in [3.8, 4) is 5.75 Å². The van der Waals surface area contributed by atoms with Crippen LogP contribution in [0, 0.1) is 5.92 Å². The lowest BCUT2D eigenvalue weighted by Gasteiger charge is -2.23. The zero-order valence-corrected chi connectivity index (χ0v) is 12.9. The van der Waals surface area contributed by atoms with Crippen LogP contribution in [0.25, 0.3) is 0 Å². The first kappa shape index (κ1) is 15.8. The Bertz CT molecular complexity index is 455. The predicted octanol–water partition coefficient (Wildman–Crippen LogP) is 3.08. The van der Waals surface area contributed by atoms with Crippen molar-refractivity contribution in [3.63, 3.8) is 0 Å². The molecular formula is C17H25NO3. The Morgan fingerprint density at radius 2 is 2.05 bits per heavy atom. The van der Waals surface area contributed by atoms with Crippen molar-refractivity contribution in [3.05, 3.63) is 29.8 Å². The molecule has 4 heteroatoms. The minimum absolute atomic E-state index is 0.146. The van der Waals surface area contributed by atoms with Crippen LogP contribution in [-0.4, -0.2) is 26.7 Å².